The van der Waals surface area contributed by atoms with Gasteiger partial charge in [0.15, 0.2) is 0 Å². The first kappa shape index (κ1) is 22.8. The van der Waals surface area contributed by atoms with Crippen molar-refractivity contribution < 1.29 is 13.2 Å². The number of aryl methyl sites for hydroxylation is 2. The lowest BCUT2D eigenvalue weighted by Crippen LogP contribution is -2.13. The van der Waals surface area contributed by atoms with Crippen LogP contribution in [0.1, 0.15) is 36.3 Å². The van der Waals surface area contributed by atoms with Crippen molar-refractivity contribution in [2.45, 2.75) is 39.7 Å². The number of imidazole rings is 1. The number of nitrogens with one attached hydrogen (secondary N) is 1. The number of aromatic nitrogens is 3. The molecule has 7 heteroatoms. The molecule has 3 aromatic carbocycles. The number of rotatable bonds is 7. The van der Waals surface area contributed by atoms with Gasteiger partial charge in [0, 0.05) is 23.7 Å². The molecule has 0 saturated carbocycles. The highest BCUT2D eigenvalue weighted by Crippen LogP contribution is 2.33. The van der Waals surface area contributed by atoms with Gasteiger partial charge in [-0.3, -0.25) is 0 Å². The van der Waals surface area contributed by atoms with E-state index in [4.69, 9.17) is 9.40 Å². The summed E-state index contributed by atoms with van der Waals surface area (Å²) in [6.07, 6.45) is 2.62. The number of nitrogens with zero attached hydrogens (tertiary/aromatic N) is 3. The molecule has 1 N–H and O–H groups in total. The molecule has 0 unspecified atom stereocenters. The van der Waals surface area contributed by atoms with Crippen molar-refractivity contribution >= 4 is 22.7 Å². The maximum absolute atomic E-state index is 14.4. The van der Waals surface area contributed by atoms with Gasteiger partial charge >= 0.3 is 0 Å². The molecule has 2 heterocycles. The van der Waals surface area contributed by atoms with Crippen LogP contribution in [-0.2, 0) is 18.9 Å². The SMILES string of the molecule is CCc1ccc(Nc2nc3cc(-c4ncc(C)o4)ccc3n2Cc2ccccc2C(C)(F)F)cc1. The minimum absolute atomic E-state index is 0.00646. The molecular weight excluding hydrogens is 446 g/mol. The number of hydrogen-bond acceptors (Lipinski definition) is 4. The highest BCUT2D eigenvalue weighted by Gasteiger charge is 2.27. The lowest BCUT2D eigenvalue weighted by Gasteiger charge is -2.18. The van der Waals surface area contributed by atoms with Crippen LogP contribution in [-0.4, -0.2) is 14.5 Å². The normalized spacial score (nSPS) is 11.8. The molecule has 5 nitrogen and oxygen atoms in total. The Balaban J connectivity index is 1.61. The molecule has 0 radical (unpaired) electrons. The van der Waals surface area contributed by atoms with Crippen molar-refractivity contribution in [2.75, 3.05) is 5.32 Å². The summed E-state index contributed by atoms with van der Waals surface area (Å²) in [5, 5.41) is 3.38. The Morgan fingerprint density at radius 1 is 1.03 bits per heavy atom. The van der Waals surface area contributed by atoms with Gasteiger partial charge in [0.25, 0.3) is 5.92 Å². The van der Waals surface area contributed by atoms with Crippen LogP contribution in [0.15, 0.2) is 77.3 Å². The van der Waals surface area contributed by atoms with Gasteiger partial charge in [-0.1, -0.05) is 43.3 Å². The van der Waals surface area contributed by atoms with Gasteiger partial charge in [-0.25, -0.2) is 18.7 Å². The van der Waals surface area contributed by atoms with E-state index in [2.05, 4.69) is 29.4 Å². The van der Waals surface area contributed by atoms with Gasteiger partial charge in [0.05, 0.1) is 23.8 Å². The third kappa shape index (κ3) is 4.67. The number of hydrogen-bond donors (Lipinski definition) is 1. The molecule has 0 bridgehead atoms. The Hall–Kier alpha value is -4.00. The maximum atomic E-state index is 14.4. The van der Waals surface area contributed by atoms with Crippen LogP contribution in [0.25, 0.3) is 22.5 Å². The molecule has 0 amide bonds. The summed E-state index contributed by atoms with van der Waals surface area (Å²) in [4.78, 5) is 9.14. The smallest absolute Gasteiger partial charge is 0.270 e. The molecule has 5 aromatic rings. The molecule has 0 aliphatic rings. The first-order chi connectivity index (χ1) is 16.8. The highest BCUT2D eigenvalue weighted by molar-refractivity contribution is 5.84. The highest BCUT2D eigenvalue weighted by atomic mass is 19.3. The van der Waals surface area contributed by atoms with Crippen LogP contribution in [0, 0.1) is 6.92 Å². The van der Waals surface area contributed by atoms with Gasteiger partial charge in [-0.05, 0) is 54.8 Å². The Kier molecular flexibility index (Phi) is 5.84. The second-order valence-corrected chi connectivity index (χ2v) is 8.72. The number of halogens is 2. The first-order valence-corrected chi connectivity index (χ1v) is 11.6. The number of anilines is 2. The second-order valence-electron chi connectivity index (χ2n) is 8.72. The fraction of sp³-hybridized carbons (Fsp3) is 0.214. The maximum Gasteiger partial charge on any atom is 0.270 e. The van der Waals surface area contributed by atoms with Crippen molar-refractivity contribution in [2.24, 2.45) is 0 Å². The van der Waals surface area contributed by atoms with Crippen LogP contribution < -0.4 is 5.32 Å². The third-order valence-corrected chi connectivity index (χ3v) is 6.05. The zero-order valence-electron chi connectivity index (χ0n) is 19.8. The number of alkyl halides is 2. The van der Waals surface area contributed by atoms with Crippen molar-refractivity contribution in [3.8, 4) is 11.5 Å². The van der Waals surface area contributed by atoms with Crippen LogP contribution in [0.2, 0.25) is 0 Å². The van der Waals surface area contributed by atoms with E-state index in [0.29, 0.717) is 22.9 Å². The summed E-state index contributed by atoms with van der Waals surface area (Å²) >= 11 is 0. The van der Waals surface area contributed by atoms with Crippen LogP contribution in [0.3, 0.4) is 0 Å². The van der Waals surface area contributed by atoms with Crippen LogP contribution in [0.4, 0.5) is 20.4 Å². The Morgan fingerprint density at radius 3 is 2.49 bits per heavy atom. The zero-order valence-corrected chi connectivity index (χ0v) is 19.8. The molecule has 35 heavy (non-hydrogen) atoms. The van der Waals surface area contributed by atoms with Crippen molar-refractivity contribution in [3.63, 3.8) is 0 Å². The van der Waals surface area contributed by atoms with E-state index in [9.17, 15) is 8.78 Å². The topological polar surface area (TPSA) is 55.9 Å². The Morgan fingerprint density at radius 2 is 1.80 bits per heavy atom. The fourth-order valence-corrected chi connectivity index (χ4v) is 4.22. The van der Waals surface area contributed by atoms with Gasteiger partial charge in [0.2, 0.25) is 11.8 Å². The average molecular weight is 473 g/mol. The lowest BCUT2D eigenvalue weighted by molar-refractivity contribution is 0.0165. The van der Waals surface area contributed by atoms with Gasteiger partial charge in [0.1, 0.15) is 5.76 Å². The van der Waals surface area contributed by atoms with Gasteiger partial charge < -0.3 is 14.3 Å². The fourth-order valence-electron chi connectivity index (χ4n) is 4.22. The van der Waals surface area contributed by atoms with E-state index >= 15 is 0 Å². The number of oxazole rings is 1. The average Bonchev–Trinajstić information content (AvgIpc) is 3.42. The Bertz CT molecular complexity index is 1480. The van der Waals surface area contributed by atoms with E-state index in [-0.39, 0.29) is 12.1 Å². The predicted molar refractivity (Wildman–Crippen MR) is 134 cm³/mol. The molecule has 178 valence electrons. The predicted octanol–water partition coefficient (Wildman–Crippen LogP) is 7.47. The molecule has 0 fully saturated rings. The van der Waals surface area contributed by atoms with Crippen molar-refractivity contribution in [1.82, 2.24) is 14.5 Å². The molecule has 0 atom stereocenters. The molecule has 2 aromatic heterocycles. The first-order valence-electron chi connectivity index (χ1n) is 11.6. The molecule has 0 spiro atoms. The monoisotopic (exact) mass is 472 g/mol. The summed E-state index contributed by atoms with van der Waals surface area (Å²) in [7, 11) is 0. The van der Waals surface area contributed by atoms with E-state index in [0.717, 1.165) is 35.9 Å². The summed E-state index contributed by atoms with van der Waals surface area (Å²) in [5.74, 6) is -1.15. The summed E-state index contributed by atoms with van der Waals surface area (Å²) < 4.78 is 36.3. The van der Waals surface area contributed by atoms with Gasteiger partial charge in [-0.2, -0.15) is 0 Å². The van der Waals surface area contributed by atoms with E-state index in [1.165, 1.54) is 11.6 Å². The third-order valence-electron chi connectivity index (χ3n) is 6.05. The van der Waals surface area contributed by atoms with E-state index in [1.807, 2.05) is 41.8 Å². The molecule has 0 aliphatic carbocycles. The largest absolute Gasteiger partial charge is 0.441 e. The second kappa shape index (κ2) is 8.98. The number of benzene rings is 3. The van der Waals surface area contributed by atoms with Gasteiger partial charge in [-0.15, -0.1) is 0 Å². The minimum Gasteiger partial charge on any atom is -0.441 e. The van der Waals surface area contributed by atoms with E-state index in [1.54, 1.807) is 24.4 Å². The number of fused-ring (bicyclic) bond motifs is 1. The summed E-state index contributed by atoms with van der Waals surface area (Å²) in [5.41, 5.74) is 4.98. The minimum atomic E-state index is -2.95. The molecular formula is C28H26F2N4O. The van der Waals surface area contributed by atoms with Crippen LogP contribution in [0.5, 0.6) is 0 Å². The summed E-state index contributed by atoms with van der Waals surface area (Å²) in [6, 6.07) is 20.5. The lowest BCUT2D eigenvalue weighted by atomic mass is 10.0. The molecule has 0 saturated heterocycles. The standard InChI is InChI=1S/C28H26F2N4O/c1-4-19-9-12-22(13-10-19)32-27-33-24-15-20(26-31-16-18(2)35-26)11-14-25(24)34(27)17-21-7-5-6-8-23(21)28(3,29)30/h5-16H,4,17H2,1-3H3,(H,32,33). The molecule has 5 rings (SSSR count). The van der Waals surface area contributed by atoms with Crippen molar-refractivity contribution in [1.29, 1.82) is 0 Å². The van der Waals surface area contributed by atoms with Crippen molar-refractivity contribution in [3.05, 3.63) is 95.4 Å². The molecule has 0 aliphatic heterocycles. The Labute approximate surface area is 202 Å². The zero-order chi connectivity index (χ0) is 24.6. The summed E-state index contributed by atoms with van der Waals surface area (Å²) in [6.45, 7) is 5.12. The van der Waals surface area contributed by atoms with Crippen LogP contribution >= 0.6 is 0 Å². The van der Waals surface area contributed by atoms with E-state index < -0.39 is 5.92 Å². The quantitative estimate of drug-likeness (QED) is 0.267.